The van der Waals surface area contributed by atoms with E-state index in [0.717, 1.165) is 10.1 Å². The van der Waals surface area contributed by atoms with Crippen LogP contribution in [0.5, 0.6) is 5.75 Å². The molecule has 3 N–H and O–H groups in total. The number of aryl methyl sites for hydroxylation is 2. The lowest BCUT2D eigenvalue weighted by Gasteiger charge is -2.16. The second-order valence-electron chi connectivity index (χ2n) is 7.44. The Hall–Kier alpha value is -3.11. The maximum Gasteiger partial charge on any atom is 0.332 e. The maximum atomic E-state index is 12.8. The van der Waals surface area contributed by atoms with Crippen molar-refractivity contribution >= 4 is 17.1 Å². The number of imidazole rings is 1. The second kappa shape index (κ2) is 8.72. The normalized spacial score (nSPS) is 13.4. The molecule has 2 heterocycles. The molecule has 0 amide bonds. The van der Waals surface area contributed by atoms with E-state index in [0.29, 0.717) is 5.75 Å². The van der Waals surface area contributed by atoms with Crippen LogP contribution in [0.3, 0.4) is 0 Å². The van der Waals surface area contributed by atoms with Crippen molar-refractivity contribution in [2.24, 2.45) is 14.1 Å². The van der Waals surface area contributed by atoms with Crippen molar-refractivity contribution in [2.45, 2.75) is 32.6 Å². The average molecular weight is 417 g/mol. The minimum atomic E-state index is -0.947. The van der Waals surface area contributed by atoms with Crippen LogP contribution in [-0.2, 0) is 20.6 Å². The van der Waals surface area contributed by atoms with Gasteiger partial charge in [0.1, 0.15) is 18.5 Å². The summed E-state index contributed by atoms with van der Waals surface area (Å²) in [6.45, 7) is 3.76. The highest BCUT2D eigenvalue weighted by atomic mass is 16.5. The van der Waals surface area contributed by atoms with Crippen LogP contribution < -0.4 is 21.3 Å². The predicted octanol–water partition coefficient (Wildman–Crippen LogP) is -0.0253. The van der Waals surface area contributed by atoms with Crippen molar-refractivity contribution < 1.29 is 14.9 Å². The summed E-state index contributed by atoms with van der Waals surface area (Å²) in [5.41, 5.74) is 0.405. The van der Waals surface area contributed by atoms with Crippen LogP contribution in [0.4, 0.5) is 5.95 Å². The molecule has 0 saturated carbocycles. The van der Waals surface area contributed by atoms with Crippen LogP contribution in [0.2, 0.25) is 0 Å². The second-order valence-corrected chi connectivity index (χ2v) is 7.44. The van der Waals surface area contributed by atoms with Crippen LogP contribution >= 0.6 is 0 Å². The van der Waals surface area contributed by atoms with E-state index in [2.05, 4.69) is 10.3 Å². The van der Waals surface area contributed by atoms with E-state index in [4.69, 9.17) is 4.74 Å². The minimum Gasteiger partial charge on any atom is -0.491 e. The number of fused-ring (bicyclic) bond motifs is 1. The van der Waals surface area contributed by atoms with Gasteiger partial charge in [-0.2, -0.15) is 4.98 Å². The number of hydrogen-bond donors (Lipinski definition) is 3. The summed E-state index contributed by atoms with van der Waals surface area (Å²) in [4.78, 5) is 29.4. The number of aromatic nitrogens is 4. The van der Waals surface area contributed by atoms with Gasteiger partial charge in [-0.25, -0.2) is 4.79 Å². The van der Waals surface area contributed by atoms with E-state index in [1.807, 2.05) is 25.1 Å². The van der Waals surface area contributed by atoms with Gasteiger partial charge < -0.3 is 24.8 Å². The third-order valence-corrected chi connectivity index (χ3v) is 4.73. The van der Waals surface area contributed by atoms with Gasteiger partial charge in [0.15, 0.2) is 11.2 Å². The fourth-order valence-electron chi connectivity index (χ4n) is 3.16. The molecule has 30 heavy (non-hydrogen) atoms. The molecular weight excluding hydrogens is 390 g/mol. The molecule has 3 aromatic rings. The van der Waals surface area contributed by atoms with Gasteiger partial charge in [0.05, 0.1) is 12.6 Å². The first-order chi connectivity index (χ1) is 14.2. The molecule has 0 bridgehead atoms. The zero-order valence-electron chi connectivity index (χ0n) is 17.5. The summed E-state index contributed by atoms with van der Waals surface area (Å²) >= 11 is 0. The molecule has 162 valence electrons. The quantitative estimate of drug-likeness (QED) is 0.470. The van der Waals surface area contributed by atoms with E-state index < -0.39 is 23.5 Å². The monoisotopic (exact) mass is 417 g/mol. The largest absolute Gasteiger partial charge is 0.491 e. The Bertz CT molecular complexity index is 1160. The van der Waals surface area contributed by atoms with Crippen LogP contribution in [-0.4, -0.2) is 54.3 Å². The lowest BCUT2D eigenvalue weighted by atomic mass is 10.2. The van der Waals surface area contributed by atoms with Crippen molar-refractivity contribution in [3.8, 4) is 5.75 Å². The number of aliphatic hydroxyl groups excluding tert-OH is 2. The van der Waals surface area contributed by atoms with E-state index >= 15 is 0 Å². The van der Waals surface area contributed by atoms with E-state index in [9.17, 15) is 19.8 Å². The fraction of sp³-hybridized carbons (Fsp3) is 0.450. The van der Waals surface area contributed by atoms with Crippen LogP contribution in [0, 0.1) is 6.92 Å². The van der Waals surface area contributed by atoms with Gasteiger partial charge >= 0.3 is 5.69 Å². The Morgan fingerprint density at radius 1 is 1.20 bits per heavy atom. The molecule has 1 aromatic carbocycles. The van der Waals surface area contributed by atoms with Gasteiger partial charge in [-0.1, -0.05) is 12.1 Å². The molecule has 0 saturated heterocycles. The molecule has 2 unspecified atom stereocenters. The summed E-state index contributed by atoms with van der Waals surface area (Å²) in [7, 11) is 2.92. The molecule has 0 radical (unpaired) electrons. The Morgan fingerprint density at radius 3 is 2.60 bits per heavy atom. The maximum absolute atomic E-state index is 12.8. The van der Waals surface area contributed by atoms with Crippen LogP contribution in [0.15, 0.2) is 33.9 Å². The highest BCUT2D eigenvalue weighted by molar-refractivity contribution is 5.74. The van der Waals surface area contributed by atoms with Gasteiger partial charge in [-0.15, -0.1) is 0 Å². The van der Waals surface area contributed by atoms with E-state index in [-0.39, 0.29) is 36.8 Å². The summed E-state index contributed by atoms with van der Waals surface area (Å²) < 4.78 is 9.45. The Labute approximate surface area is 173 Å². The number of aliphatic hydroxyl groups is 2. The molecule has 2 atom stereocenters. The molecule has 0 aliphatic carbocycles. The van der Waals surface area contributed by atoms with Crippen molar-refractivity contribution in [2.75, 3.05) is 18.5 Å². The molecule has 0 aliphatic heterocycles. The molecule has 0 fully saturated rings. The average Bonchev–Trinajstić information content (AvgIpc) is 3.06. The first-order valence-corrected chi connectivity index (χ1v) is 9.64. The summed E-state index contributed by atoms with van der Waals surface area (Å²) in [5, 5.41) is 23.1. The number of nitrogens with one attached hydrogen (secondary N) is 1. The first-order valence-electron chi connectivity index (χ1n) is 9.64. The smallest absolute Gasteiger partial charge is 0.332 e. The first kappa shape index (κ1) is 21.6. The van der Waals surface area contributed by atoms with Gasteiger partial charge in [-0.05, 0) is 31.5 Å². The van der Waals surface area contributed by atoms with Gasteiger partial charge in [0.25, 0.3) is 5.56 Å². The SMILES string of the molecule is Cc1cccc(OCC(O)Cn2c(NCC(C)O)nc3c2c(=O)n(C)c(=O)n3C)c1. The zero-order chi connectivity index (χ0) is 22.0. The number of hydrogen-bond acceptors (Lipinski definition) is 7. The highest BCUT2D eigenvalue weighted by Gasteiger charge is 2.21. The van der Waals surface area contributed by atoms with Crippen LogP contribution in [0.25, 0.3) is 11.2 Å². The lowest BCUT2D eigenvalue weighted by molar-refractivity contribution is 0.0937. The Morgan fingerprint density at radius 2 is 1.93 bits per heavy atom. The van der Waals surface area contributed by atoms with E-state index in [1.54, 1.807) is 13.0 Å². The molecule has 0 spiro atoms. The number of ether oxygens (including phenoxy) is 1. The summed E-state index contributed by atoms with van der Waals surface area (Å²) in [5.74, 6) is 0.911. The summed E-state index contributed by atoms with van der Waals surface area (Å²) in [6, 6.07) is 7.47. The highest BCUT2D eigenvalue weighted by Crippen LogP contribution is 2.17. The standard InChI is InChI=1S/C20H27N5O5/c1-12-6-5-7-15(8-12)30-11-14(27)10-25-16-17(22-19(25)21-9-13(2)26)23(3)20(29)24(4)18(16)28/h5-8,13-14,26-27H,9-11H2,1-4H3,(H,21,22). The van der Waals surface area contributed by atoms with Crippen molar-refractivity contribution in [1.82, 2.24) is 18.7 Å². The Kier molecular flexibility index (Phi) is 6.28. The molecule has 2 aromatic heterocycles. The Balaban J connectivity index is 1.94. The van der Waals surface area contributed by atoms with Gasteiger partial charge in [0, 0.05) is 20.6 Å². The topological polar surface area (TPSA) is 124 Å². The van der Waals surface area contributed by atoms with Gasteiger partial charge in [0.2, 0.25) is 5.95 Å². The minimum absolute atomic E-state index is 0.00501. The summed E-state index contributed by atoms with van der Waals surface area (Å²) in [6.07, 6.45) is -1.60. The number of nitrogens with zero attached hydrogens (tertiary/aromatic N) is 4. The third-order valence-electron chi connectivity index (χ3n) is 4.73. The predicted molar refractivity (Wildman–Crippen MR) is 113 cm³/mol. The molecular formula is C20H27N5O5. The van der Waals surface area contributed by atoms with E-state index in [1.165, 1.54) is 23.2 Å². The fourth-order valence-corrected chi connectivity index (χ4v) is 3.16. The molecule has 3 rings (SSSR count). The van der Waals surface area contributed by atoms with Crippen molar-refractivity contribution in [3.05, 3.63) is 50.7 Å². The third kappa shape index (κ3) is 4.39. The van der Waals surface area contributed by atoms with Crippen molar-refractivity contribution in [3.63, 3.8) is 0 Å². The zero-order valence-corrected chi connectivity index (χ0v) is 17.5. The van der Waals surface area contributed by atoms with Crippen LogP contribution in [0.1, 0.15) is 12.5 Å². The molecule has 10 nitrogen and oxygen atoms in total. The number of anilines is 1. The molecule has 10 heteroatoms. The molecule has 0 aliphatic rings. The number of benzene rings is 1. The lowest BCUT2D eigenvalue weighted by Crippen LogP contribution is -2.38. The number of rotatable bonds is 8. The van der Waals surface area contributed by atoms with Gasteiger partial charge in [-0.3, -0.25) is 13.9 Å². The van der Waals surface area contributed by atoms with Crippen molar-refractivity contribution in [1.29, 1.82) is 0 Å².